The number of amides is 1. The van der Waals surface area contributed by atoms with E-state index < -0.39 is 5.41 Å². The molecule has 0 aromatic heterocycles. The predicted octanol–water partition coefficient (Wildman–Crippen LogP) is 5.78. The van der Waals surface area contributed by atoms with Crippen LogP contribution in [-0.2, 0) is 15.0 Å². The number of ether oxygens (including phenoxy) is 1. The van der Waals surface area contributed by atoms with E-state index in [9.17, 15) is 14.0 Å². The molecule has 172 valence electrons. The van der Waals surface area contributed by atoms with Crippen LogP contribution in [0.4, 0.5) is 4.39 Å². The number of nitrogens with one attached hydrogen (secondary N) is 1. The van der Waals surface area contributed by atoms with E-state index in [0.717, 1.165) is 42.2 Å². The van der Waals surface area contributed by atoms with E-state index in [-0.39, 0.29) is 23.7 Å². The minimum Gasteiger partial charge on any atom is -0.490 e. The second-order valence-electron chi connectivity index (χ2n) is 9.59. The van der Waals surface area contributed by atoms with Gasteiger partial charge in [0.2, 0.25) is 5.91 Å². The Morgan fingerprint density at radius 1 is 1.22 bits per heavy atom. The highest BCUT2D eigenvalue weighted by Gasteiger charge is 2.31. The van der Waals surface area contributed by atoms with Crippen molar-refractivity contribution in [3.63, 3.8) is 0 Å². The standard InChI is InChI=1S/C27H34FNO3/c1-17(2)25-21(7-6-8-23(25)28)22-16-19(27(3,4)26(31)29-5)10-12-24(22)32-20-11-9-18(15-20)13-14-30/h6-8,10,12,14,16-18,20H,9,11,13,15H2,1-5H3,(H,29,31)/t18-,20+/m0/s1. The Balaban J connectivity index is 2.09. The number of likely N-dealkylation sites (N-methyl/N-ethyl adjacent to an activating group) is 1. The number of carbonyl (C=O) groups excluding carboxylic acids is 2. The second kappa shape index (κ2) is 9.85. The fraction of sp³-hybridized carbons (Fsp3) is 0.481. The fourth-order valence-corrected chi connectivity index (χ4v) is 4.70. The molecule has 1 aliphatic rings. The van der Waals surface area contributed by atoms with Gasteiger partial charge in [-0.15, -0.1) is 0 Å². The molecule has 3 rings (SSSR count). The molecule has 1 aliphatic carbocycles. The summed E-state index contributed by atoms with van der Waals surface area (Å²) in [5.74, 6) is 0.691. The Hall–Kier alpha value is -2.69. The number of hydrogen-bond donors (Lipinski definition) is 1. The molecule has 1 amide bonds. The van der Waals surface area contributed by atoms with Gasteiger partial charge in [0.1, 0.15) is 17.9 Å². The van der Waals surface area contributed by atoms with Crippen molar-refractivity contribution in [3.8, 4) is 16.9 Å². The van der Waals surface area contributed by atoms with Crippen LogP contribution in [0.3, 0.4) is 0 Å². The summed E-state index contributed by atoms with van der Waals surface area (Å²) in [6.45, 7) is 7.70. The lowest BCUT2D eigenvalue weighted by Gasteiger charge is -2.26. The number of carbonyl (C=O) groups is 2. The van der Waals surface area contributed by atoms with E-state index in [0.29, 0.717) is 23.7 Å². The highest BCUT2D eigenvalue weighted by atomic mass is 19.1. The number of aldehydes is 1. The third kappa shape index (κ3) is 4.87. The zero-order valence-corrected chi connectivity index (χ0v) is 19.7. The van der Waals surface area contributed by atoms with Crippen molar-refractivity contribution in [1.29, 1.82) is 0 Å². The van der Waals surface area contributed by atoms with Crippen LogP contribution in [0, 0.1) is 11.7 Å². The molecule has 0 aliphatic heterocycles. The van der Waals surface area contributed by atoms with Crippen molar-refractivity contribution in [2.24, 2.45) is 5.92 Å². The Morgan fingerprint density at radius 2 is 1.97 bits per heavy atom. The van der Waals surface area contributed by atoms with Crippen molar-refractivity contribution in [3.05, 3.63) is 53.3 Å². The average Bonchev–Trinajstić information content (AvgIpc) is 3.20. The molecule has 0 spiro atoms. The van der Waals surface area contributed by atoms with Gasteiger partial charge >= 0.3 is 0 Å². The first-order chi connectivity index (χ1) is 15.2. The summed E-state index contributed by atoms with van der Waals surface area (Å²) >= 11 is 0. The molecular formula is C27H34FNO3. The van der Waals surface area contributed by atoms with Crippen LogP contribution in [0.1, 0.15) is 70.4 Å². The summed E-state index contributed by atoms with van der Waals surface area (Å²) in [5, 5.41) is 2.73. The van der Waals surface area contributed by atoms with Gasteiger partial charge in [0.25, 0.3) is 0 Å². The summed E-state index contributed by atoms with van der Waals surface area (Å²) in [5.41, 5.74) is 2.30. The Bertz CT molecular complexity index is 983. The van der Waals surface area contributed by atoms with Crippen molar-refractivity contribution in [2.45, 2.75) is 70.8 Å². The molecule has 2 atom stereocenters. The number of halogens is 1. The van der Waals surface area contributed by atoms with E-state index in [1.165, 1.54) is 6.07 Å². The first-order valence-electron chi connectivity index (χ1n) is 11.4. The van der Waals surface area contributed by atoms with Crippen LogP contribution < -0.4 is 10.1 Å². The van der Waals surface area contributed by atoms with Gasteiger partial charge in [-0.3, -0.25) is 4.79 Å². The third-order valence-corrected chi connectivity index (χ3v) is 6.63. The molecular weight excluding hydrogens is 405 g/mol. The quantitative estimate of drug-likeness (QED) is 0.531. The van der Waals surface area contributed by atoms with Crippen molar-refractivity contribution in [1.82, 2.24) is 5.32 Å². The Kier molecular flexibility index (Phi) is 7.37. The predicted molar refractivity (Wildman–Crippen MR) is 125 cm³/mol. The average molecular weight is 440 g/mol. The molecule has 2 aromatic rings. The van der Waals surface area contributed by atoms with Gasteiger partial charge in [-0.05, 0) is 79.8 Å². The van der Waals surface area contributed by atoms with Crippen molar-refractivity contribution >= 4 is 12.2 Å². The highest BCUT2D eigenvalue weighted by Crippen LogP contribution is 2.41. The van der Waals surface area contributed by atoms with E-state index in [4.69, 9.17) is 4.74 Å². The van der Waals surface area contributed by atoms with E-state index in [2.05, 4.69) is 5.32 Å². The van der Waals surface area contributed by atoms with Crippen LogP contribution in [0.25, 0.3) is 11.1 Å². The summed E-state index contributed by atoms with van der Waals surface area (Å²) < 4.78 is 21.3. The first-order valence-corrected chi connectivity index (χ1v) is 11.4. The molecule has 0 bridgehead atoms. The molecule has 0 heterocycles. The maximum Gasteiger partial charge on any atom is 0.229 e. The van der Waals surface area contributed by atoms with E-state index >= 15 is 0 Å². The van der Waals surface area contributed by atoms with Crippen LogP contribution in [-0.4, -0.2) is 25.3 Å². The molecule has 5 heteroatoms. The first kappa shape index (κ1) is 24.0. The van der Waals surface area contributed by atoms with Gasteiger partial charge in [-0.2, -0.15) is 0 Å². The molecule has 0 saturated heterocycles. The van der Waals surface area contributed by atoms with Crippen molar-refractivity contribution < 1.29 is 18.7 Å². The normalized spacial score (nSPS) is 18.6. The van der Waals surface area contributed by atoms with E-state index in [1.807, 2.05) is 52.0 Å². The lowest BCUT2D eigenvalue weighted by Crippen LogP contribution is -2.38. The van der Waals surface area contributed by atoms with Gasteiger partial charge in [-0.1, -0.05) is 32.0 Å². The minimum absolute atomic E-state index is 0.0156. The lowest BCUT2D eigenvalue weighted by atomic mass is 9.81. The van der Waals surface area contributed by atoms with Gasteiger partial charge in [-0.25, -0.2) is 4.39 Å². The maximum atomic E-state index is 14.8. The molecule has 2 aromatic carbocycles. The SMILES string of the molecule is CNC(=O)C(C)(C)c1ccc(O[C@@H]2CC[C@@H](CC=O)C2)c(-c2cccc(F)c2C(C)C)c1. The molecule has 4 nitrogen and oxygen atoms in total. The number of hydrogen-bond acceptors (Lipinski definition) is 3. The summed E-state index contributed by atoms with van der Waals surface area (Å²) in [6.07, 6.45) is 4.27. The summed E-state index contributed by atoms with van der Waals surface area (Å²) in [7, 11) is 1.63. The molecule has 32 heavy (non-hydrogen) atoms. The summed E-state index contributed by atoms with van der Waals surface area (Å²) in [4.78, 5) is 23.4. The Labute approximate surface area is 190 Å². The third-order valence-electron chi connectivity index (χ3n) is 6.63. The zero-order valence-electron chi connectivity index (χ0n) is 19.7. The molecule has 1 saturated carbocycles. The van der Waals surface area contributed by atoms with Gasteiger partial charge in [0, 0.05) is 19.0 Å². The largest absolute Gasteiger partial charge is 0.490 e. The number of benzene rings is 2. The zero-order chi connectivity index (χ0) is 23.5. The lowest BCUT2D eigenvalue weighted by molar-refractivity contribution is -0.125. The van der Waals surface area contributed by atoms with Crippen LogP contribution in [0.15, 0.2) is 36.4 Å². The highest BCUT2D eigenvalue weighted by molar-refractivity contribution is 5.88. The van der Waals surface area contributed by atoms with E-state index in [1.54, 1.807) is 13.1 Å². The van der Waals surface area contributed by atoms with Crippen LogP contribution in [0.2, 0.25) is 0 Å². The van der Waals surface area contributed by atoms with Crippen LogP contribution >= 0.6 is 0 Å². The summed E-state index contributed by atoms with van der Waals surface area (Å²) in [6, 6.07) is 10.9. The second-order valence-corrected chi connectivity index (χ2v) is 9.59. The topological polar surface area (TPSA) is 55.4 Å². The number of rotatable bonds is 8. The van der Waals surface area contributed by atoms with Gasteiger partial charge in [0.15, 0.2) is 0 Å². The smallest absolute Gasteiger partial charge is 0.229 e. The minimum atomic E-state index is -0.754. The molecule has 1 N–H and O–H groups in total. The molecule has 0 radical (unpaired) electrons. The van der Waals surface area contributed by atoms with Crippen LogP contribution in [0.5, 0.6) is 5.75 Å². The fourth-order valence-electron chi connectivity index (χ4n) is 4.70. The van der Waals surface area contributed by atoms with Gasteiger partial charge in [0.05, 0.1) is 11.5 Å². The van der Waals surface area contributed by atoms with Gasteiger partial charge < -0.3 is 14.8 Å². The van der Waals surface area contributed by atoms with Crippen molar-refractivity contribution in [2.75, 3.05) is 7.05 Å². The Morgan fingerprint density at radius 3 is 2.62 bits per heavy atom. The molecule has 1 fully saturated rings. The maximum absolute atomic E-state index is 14.8. The monoisotopic (exact) mass is 439 g/mol. The molecule has 0 unspecified atom stereocenters.